The van der Waals surface area contributed by atoms with Gasteiger partial charge in [0.05, 0.1) is 0 Å². The highest BCUT2D eigenvalue weighted by atomic mass is 79.9. The maximum atomic E-state index is 13.1. The number of carbonyl (C=O) groups is 1. The summed E-state index contributed by atoms with van der Waals surface area (Å²) in [4.78, 5) is 12.3. The van der Waals surface area contributed by atoms with Gasteiger partial charge in [0.25, 0.3) is 0 Å². The average Bonchev–Trinajstić information content (AvgIpc) is 2.87. The normalized spacial score (nSPS) is 10.8. The maximum absolute atomic E-state index is 13.1. The summed E-state index contributed by atoms with van der Waals surface area (Å²) in [5.74, 6) is -0.130. The molecule has 0 spiro atoms. The van der Waals surface area contributed by atoms with Crippen molar-refractivity contribution in [1.29, 1.82) is 0 Å². The molecule has 0 amide bonds. The molecule has 1 aromatic heterocycles. The molecule has 0 saturated heterocycles. The number of ketones is 1. The van der Waals surface area contributed by atoms with Crippen LogP contribution in [0.5, 0.6) is 0 Å². The van der Waals surface area contributed by atoms with Gasteiger partial charge in [0.2, 0.25) is 12.1 Å². The molecule has 120 valence electrons. The lowest BCUT2D eigenvalue weighted by atomic mass is 10.1. The van der Waals surface area contributed by atoms with Crippen LogP contribution in [0.2, 0.25) is 0 Å². The quantitative estimate of drug-likeness (QED) is 0.426. The van der Waals surface area contributed by atoms with Crippen LogP contribution in [-0.2, 0) is 6.54 Å². The van der Waals surface area contributed by atoms with Crippen molar-refractivity contribution in [2.24, 2.45) is 0 Å². The molecule has 0 aliphatic carbocycles. The standard InChI is InChI=1S/C16H12BrF2N2O.BrH/c17-12-7-5-11(6-8-12)15(22)9-20-10-21(16(18)19)14-4-2-1-3-13(14)20;/h1-8,10,16H,9H2;1H/q+1;. The van der Waals surface area contributed by atoms with E-state index in [0.717, 1.165) is 9.04 Å². The maximum Gasteiger partial charge on any atom is 0.387 e. The molecule has 3 nitrogen and oxygen atoms in total. The van der Waals surface area contributed by atoms with Gasteiger partial charge in [-0.05, 0) is 24.3 Å². The molecular weight excluding hydrogens is 434 g/mol. The summed E-state index contributed by atoms with van der Waals surface area (Å²) < 4.78 is 29.4. The van der Waals surface area contributed by atoms with E-state index in [-0.39, 0.29) is 29.3 Å². The lowest BCUT2D eigenvalue weighted by Gasteiger charge is -1.99. The molecule has 0 bridgehead atoms. The molecule has 0 fully saturated rings. The Morgan fingerprint density at radius 3 is 2.43 bits per heavy atom. The first-order valence-electron chi connectivity index (χ1n) is 6.62. The Labute approximate surface area is 150 Å². The van der Waals surface area contributed by atoms with E-state index < -0.39 is 6.55 Å². The number of carbonyl (C=O) groups excluding carboxylic acids is 1. The van der Waals surface area contributed by atoms with Crippen LogP contribution in [0, 0.1) is 0 Å². The third-order valence-corrected chi connectivity index (χ3v) is 3.95. The highest BCUT2D eigenvalue weighted by Gasteiger charge is 2.23. The second-order valence-corrected chi connectivity index (χ2v) is 5.76. The Morgan fingerprint density at radius 2 is 1.78 bits per heavy atom. The topological polar surface area (TPSA) is 25.9 Å². The largest absolute Gasteiger partial charge is 0.387 e. The molecule has 0 unspecified atom stereocenters. The van der Waals surface area contributed by atoms with Crippen molar-refractivity contribution in [3.05, 3.63) is 64.9 Å². The Kier molecular flexibility index (Phi) is 5.64. The van der Waals surface area contributed by atoms with Gasteiger partial charge in [-0.25, -0.2) is 4.57 Å². The number of benzene rings is 2. The van der Waals surface area contributed by atoms with Crippen molar-refractivity contribution < 1.29 is 18.1 Å². The van der Waals surface area contributed by atoms with E-state index in [0.29, 0.717) is 16.6 Å². The van der Waals surface area contributed by atoms with Crippen molar-refractivity contribution in [3.63, 3.8) is 0 Å². The summed E-state index contributed by atoms with van der Waals surface area (Å²) in [5, 5.41) is 0. The Bertz CT molecular complexity index is 832. The summed E-state index contributed by atoms with van der Waals surface area (Å²) in [6, 6.07) is 13.8. The lowest BCUT2D eigenvalue weighted by molar-refractivity contribution is -0.658. The number of para-hydroxylation sites is 2. The van der Waals surface area contributed by atoms with Crippen molar-refractivity contribution in [3.8, 4) is 0 Å². The molecule has 3 aromatic rings. The number of nitrogens with zero attached hydrogens (tertiary/aromatic N) is 2. The highest BCUT2D eigenvalue weighted by molar-refractivity contribution is 9.10. The van der Waals surface area contributed by atoms with Crippen molar-refractivity contribution >= 4 is 49.7 Å². The van der Waals surface area contributed by atoms with Crippen LogP contribution in [0.3, 0.4) is 0 Å². The van der Waals surface area contributed by atoms with E-state index in [1.807, 2.05) is 0 Å². The average molecular weight is 447 g/mol. The fraction of sp³-hybridized carbons (Fsp3) is 0.125. The number of rotatable bonds is 4. The minimum absolute atomic E-state index is 0. The van der Waals surface area contributed by atoms with Gasteiger partial charge in [0.15, 0.2) is 17.6 Å². The number of fused-ring (bicyclic) bond motifs is 1. The third kappa shape index (κ3) is 3.67. The Hall–Kier alpha value is -1.60. The molecule has 0 N–H and O–H groups in total. The molecule has 2 aromatic carbocycles. The number of halogens is 4. The van der Waals surface area contributed by atoms with E-state index in [9.17, 15) is 13.6 Å². The molecular formula is C16H13Br2F2N2O+. The van der Waals surface area contributed by atoms with Crippen LogP contribution in [0.15, 0.2) is 59.3 Å². The van der Waals surface area contributed by atoms with Crippen molar-refractivity contribution in [1.82, 2.24) is 4.57 Å². The molecule has 1 heterocycles. The molecule has 0 aliphatic heterocycles. The van der Waals surface area contributed by atoms with Gasteiger partial charge >= 0.3 is 6.55 Å². The smallest absolute Gasteiger partial charge is 0.290 e. The Morgan fingerprint density at radius 1 is 1.13 bits per heavy atom. The van der Waals surface area contributed by atoms with Gasteiger partial charge in [0, 0.05) is 10.0 Å². The van der Waals surface area contributed by atoms with Crippen LogP contribution in [-0.4, -0.2) is 10.4 Å². The number of hydrogen-bond acceptors (Lipinski definition) is 1. The van der Waals surface area contributed by atoms with Gasteiger partial charge < -0.3 is 0 Å². The summed E-state index contributed by atoms with van der Waals surface area (Å²) in [6.45, 7) is -2.63. The number of imidazole rings is 1. The van der Waals surface area contributed by atoms with Gasteiger partial charge in [-0.15, -0.1) is 17.0 Å². The zero-order valence-electron chi connectivity index (χ0n) is 11.8. The zero-order chi connectivity index (χ0) is 15.7. The third-order valence-electron chi connectivity index (χ3n) is 3.42. The number of hydrogen-bond donors (Lipinski definition) is 0. The molecule has 0 atom stereocenters. The number of alkyl halides is 2. The first-order chi connectivity index (χ1) is 10.6. The van der Waals surface area contributed by atoms with Gasteiger partial charge in [0.1, 0.15) is 0 Å². The van der Waals surface area contributed by atoms with Crippen LogP contribution in [0.4, 0.5) is 8.78 Å². The molecule has 0 saturated carbocycles. The first kappa shape index (κ1) is 17.7. The van der Waals surface area contributed by atoms with Gasteiger partial charge in [-0.2, -0.15) is 13.3 Å². The van der Waals surface area contributed by atoms with E-state index in [2.05, 4.69) is 15.9 Å². The second-order valence-electron chi connectivity index (χ2n) is 4.85. The molecule has 0 aliphatic rings. The highest BCUT2D eigenvalue weighted by Crippen LogP contribution is 2.18. The summed E-state index contributed by atoms with van der Waals surface area (Å²) in [6.07, 6.45) is 1.28. The number of aromatic nitrogens is 2. The predicted octanol–water partition coefficient (Wildman–Crippen LogP) is 4.55. The van der Waals surface area contributed by atoms with Crippen molar-refractivity contribution in [2.45, 2.75) is 13.1 Å². The first-order valence-corrected chi connectivity index (χ1v) is 7.41. The van der Waals surface area contributed by atoms with E-state index in [4.69, 9.17) is 0 Å². The van der Waals surface area contributed by atoms with Crippen LogP contribution >= 0.6 is 32.9 Å². The van der Waals surface area contributed by atoms with Crippen LogP contribution in [0.1, 0.15) is 16.9 Å². The van der Waals surface area contributed by atoms with E-state index in [1.54, 1.807) is 53.1 Å². The minimum Gasteiger partial charge on any atom is -0.290 e. The fourth-order valence-electron chi connectivity index (χ4n) is 2.36. The van der Waals surface area contributed by atoms with Gasteiger partial charge in [-0.3, -0.25) is 4.79 Å². The number of Topliss-reactive ketones (excluding diaryl/α,β-unsaturated/α-hetero) is 1. The monoisotopic (exact) mass is 445 g/mol. The minimum atomic E-state index is -2.64. The van der Waals surface area contributed by atoms with Crippen molar-refractivity contribution in [2.75, 3.05) is 0 Å². The molecule has 3 rings (SSSR count). The molecule has 23 heavy (non-hydrogen) atoms. The Balaban J connectivity index is 0.00000192. The molecule has 0 radical (unpaired) electrons. The van der Waals surface area contributed by atoms with Crippen LogP contribution in [0.25, 0.3) is 11.0 Å². The van der Waals surface area contributed by atoms with Gasteiger partial charge in [-0.1, -0.05) is 40.2 Å². The summed E-state index contributed by atoms with van der Waals surface area (Å²) in [5.41, 5.74) is 1.55. The SMILES string of the molecule is Br.O=C(C[n+]1cn(C(F)F)c2ccccc21)c1ccc(Br)cc1. The zero-order valence-corrected chi connectivity index (χ0v) is 15.1. The summed E-state index contributed by atoms with van der Waals surface area (Å²) in [7, 11) is 0. The molecule has 7 heteroatoms. The van der Waals surface area contributed by atoms with E-state index in [1.165, 1.54) is 6.33 Å². The summed E-state index contributed by atoms with van der Waals surface area (Å²) >= 11 is 3.31. The van der Waals surface area contributed by atoms with Crippen LogP contribution < -0.4 is 4.57 Å². The predicted molar refractivity (Wildman–Crippen MR) is 92.2 cm³/mol. The van der Waals surface area contributed by atoms with E-state index >= 15 is 0 Å². The second kappa shape index (κ2) is 7.31. The fourth-order valence-corrected chi connectivity index (χ4v) is 2.63. The lowest BCUT2D eigenvalue weighted by Crippen LogP contribution is -2.36.